The van der Waals surface area contributed by atoms with Crippen molar-refractivity contribution in [1.82, 2.24) is 0 Å². The highest BCUT2D eigenvalue weighted by atomic mass is 16.2. The highest BCUT2D eigenvalue weighted by Crippen LogP contribution is 2.42. The molecule has 0 saturated heterocycles. The minimum atomic E-state index is 0.802. The van der Waals surface area contributed by atoms with Gasteiger partial charge in [0.15, 0.2) is 0 Å². The zero-order chi connectivity index (χ0) is 14.8. The standard InChI is InChI=1S/C18H30.CH4O/c1-3-4-5-6-7-11-17-15(2)13-14-16-10-8-9-12-18(16)17;1-2/h10,13-15,17-18H,3-9,11-12H2,1-2H3;2H,1H3/t15?,17-,18?;/m0./s1. The first-order valence-electron chi connectivity index (χ1n) is 8.66. The Morgan fingerprint density at radius 3 is 2.65 bits per heavy atom. The van der Waals surface area contributed by atoms with Crippen molar-refractivity contribution < 1.29 is 5.11 Å². The van der Waals surface area contributed by atoms with Gasteiger partial charge in [0.1, 0.15) is 0 Å². The third-order valence-electron chi connectivity index (χ3n) is 4.95. The second kappa shape index (κ2) is 10.2. The van der Waals surface area contributed by atoms with Crippen LogP contribution in [0, 0.1) is 17.8 Å². The summed E-state index contributed by atoms with van der Waals surface area (Å²) in [5, 5.41) is 7.00. The van der Waals surface area contributed by atoms with Gasteiger partial charge in [-0.15, -0.1) is 0 Å². The summed E-state index contributed by atoms with van der Waals surface area (Å²) in [6.45, 7) is 4.73. The average molecular weight is 278 g/mol. The van der Waals surface area contributed by atoms with Crippen LogP contribution in [0.15, 0.2) is 23.8 Å². The Balaban J connectivity index is 0.000000956. The number of fused-ring (bicyclic) bond motifs is 1. The van der Waals surface area contributed by atoms with Crippen LogP contribution < -0.4 is 0 Å². The molecular weight excluding hydrogens is 244 g/mol. The topological polar surface area (TPSA) is 20.2 Å². The van der Waals surface area contributed by atoms with Crippen molar-refractivity contribution in [2.75, 3.05) is 7.11 Å². The van der Waals surface area contributed by atoms with E-state index in [1.54, 1.807) is 5.57 Å². The zero-order valence-electron chi connectivity index (χ0n) is 13.8. The Labute approximate surface area is 126 Å². The van der Waals surface area contributed by atoms with Crippen LogP contribution in [0.2, 0.25) is 0 Å². The Hall–Kier alpha value is -0.560. The van der Waals surface area contributed by atoms with Crippen LogP contribution >= 0.6 is 0 Å². The summed E-state index contributed by atoms with van der Waals surface area (Å²) in [7, 11) is 1.00. The lowest BCUT2D eigenvalue weighted by Crippen LogP contribution is -2.27. The van der Waals surface area contributed by atoms with Gasteiger partial charge in [0.2, 0.25) is 0 Å². The zero-order valence-corrected chi connectivity index (χ0v) is 13.8. The highest BCUT2D eigenvalue weighted by Gasteiger charge is 2.31. The maximum absolute atomic E-state index is 7.00. The van der Waals surface area contributed by atoms with E-state index in [9.17, 15) is 0 Å². The van der Waals surface area contributed by atoms with Gasteiger partial charge >= 0.3 is 0 Å². The summed E-state index contributed by atoms with van der Waals surface area (Å²) in [5.41, 5.74) is 1.66. The normalized spacial score (nSPS) is 28.2. The summed E-state index contributed by atoms with van der Waals surface area (Å²) in [6, 6.07) is 0. The molecule has 1 heteroatoms. The molecule has 2 unspecified atom stereocenters. The summed E-state index contributed by atoms with van der Waals surface area (Å²) in [6.07, 6.45) is 20.1. The third-order valence-corrected chi connectivity index (χ3v) is 4.95. The number of aliphatic hydroxyl groups is 1. The Morgan fingerprint density at radius 1 is 1.15 bits per heavy atom. The molecule has 0 aromatic heterocycles. The van der Waals surface area contributed by atoms with Crippen molar-refractivity contribution in [1.29, 1.82) is 0 Å². The molecule has 20 heavy (non-hydrogen) atoms. The van der Waals surface area contributed by atoms with Gasteiger partial charge in [0.05, 0.1) is 0 Å². The Kier molecular flexibility index (Phi) is 8.93. The molecular formula is C19H34O. The first-order chi connectivity index (χ1) is 9.83. The van der Waals surface area contributed by atoms with E-state index in [4.69, 9.17) is 5.11 Å². The summed E-state index contributed by atoms with van der Waals surface area (Å²) in [4.78, 5) is 0. The van der Waals surface area contributed by atoms with Crippen LogP contribution in [0.25, 0.3) is 0 Å². The molecule has 0 aliphatic heterocycles. The van der Waals surface area contributed by atoms with Crippen LogP contribution in [0.5, 0.6) is 0 Å². The SMILES string of the molecule is CCCCCCC[C@H]1C(C)C=CC2=CCCCC21.CO. The molecule has 1 N–H and O–H groups in total. The summed E-state index contributed by atoms with van der Waals surface area (Å²) in [5.74, 6) is 2.63. The number of hydrogen-bond donors (Lipinski definition) is 1. The van der Waals surface area contributed by atoms with Gasteiger partial charge in [0, 0.05) is 7.11 Å². The van der Waals surface area contributed by atoms with E-state index in [1.165, 1.54) is 57.8 Å². The summed E-state index contributed by atoms with van der Waals surface area (Å²) >= 11 is 0. The van der Waals surface area contributed by atoms with Gasteiger partial charge in [-0.1, -0.05) is 64.2 Å². The number of aliphatic hydroxyl groups excluding tert-OH is 1. The lowest BCUT2D eigenvalue weighted by Gasteiger charge is -2.37. The van der Waals surface area contributed by atoms with Gasteiger partial charge in [-0.05, 0) is 49.0 Å². The highest BCUT2D eigenvalue weighted by molar-refractivity contribution is 5.28. The lowest BCUT2D eigenvalue weighted by atomic mass is 9.68. The largest absolute Gasteiger partial charge is 0.400 e. The quantitative estimate of drug-likeness (QED) is 0.636. The molecule has 2 aliphatic rings. The maximum Gasteiger partial charge on any atom is 0.0319 e. The molecule has 0 fully saturated rings. The minimum absolute atomic E-state index is 0.802. The number of hydrogen-bond acceptors (Lipinski definition) is 1. The van der Waals surface area contributed by atoms with Crippen molar-refractivity contribution >= 4 is 0 Å². The van der Waals surface area contributed by atoms with Crippen molar-refractivity contribution in [2.45, 2.75) is 71.6 Å². The average Bonchev–Trinajstić information content (AvgIpc) is 2.51. The Bertz CT molecular complexity index is 303. The fourth-order valence-electron chi connectivity index (χ4n) is 3.80. The first kappa shape index (κ1) is 17.5. The van der Waals surface area contributed by atoms with E-state index >= 15 is 0 Å². The van der Waals surface area contributed by atoms with E-state index in [0.29, 0.717) is 0 Å². The molecule has 0 saturated carbocycles. The van der Waals surface area contributed by atoms with E-state index in [0.717, 1.165) is 24.9 Å². The van der Waals surface area contributed by atoms with Gasteiger partial charge < -0.3 is 5.11 Å². The first-order valence-corrected chi connectivity index (χ1v) is 8.66. The van der Waals surface area contributed by atoms with Crippen molar-refractivity contribution in [3.63, 3.8) is 0 Å². The number of allylic oxidation sites excluding steroid dienone is 4. The number of unbranched alkanes of at least 4 members (excludes halogenated alkanes) is 4. The molecule has 0 spiro atoms. The van der Waals surface area contributed by atoms with Gasteiger partial charge in [0.25, 0.3) is 0 Å². The van der Waals surface area contributed by atoms with Gasteiger partial charge in [-0.25, -0.2) is 0 Å². The predicted molar refractivity (Wildman–Crippen MR) is 88.7 cm³/mol. The molecule has 0 amide bonds. The molecule has 0 aromatic carbocycles. The minimum Gasteiger partial charge on any atom is -0.400 e. The van der Waals surface area contributed by atoms with E-state index < -0.39 is 0 Å². The van der Waals surface area contributed by atoms with E-state index in [-0.39, 0.29) is 0 Å². The molecule has 1 nitrogen and oxygen atoms in total. The molecule has 0 heterocycles. The molecule has 0 bridgehead atoms. The van der Waals surface area contributed by atoms with Crippen molar-refractivity contribution in [2.24, 2.45) is 17.8 Å². The third kappa shape index (κ3) is 5.09. The van der Waals surface area contributed by atoms with Crippen LogP contribution in [-0.4, -0.2) is 12.2 Å². The fourth-order valence-corrected chi connectivity index (χ4v) is 3.80. The molecule has 2 rings (SSSR count). The molecule has 0 radical (unpaired) electrons. The van der Waals surface area contributed by atoms with Crippen molar-refractivity contribution in [3.05, 3.63) is 23.8 Å². The van der Waals surface area contributed by atoms with Gasteiger partial charge in [-0.3, -0.25) is 0 Å². The summed E-state index contributed by atoms with van der Waals surface area (Å²) < 4.78 is 0. The monoisotopic (exact) mass is 278 g/mol. The van der Waals surface area contributed by atoms with Crippen LogP contribution in [0.1, 0.15) is 71.6 Å². The second-order valence-electron chi connectivity index (χ2n) is 6.33. The fraction of sp³-hybridized carbons (Fsp3) is 0.789. The molecule has 3 atom stereocenters. The van der Waals surface area contributed by atoms with Crippen LogP contribution in [-0.2, 0) is 0 Å². The van der Waals surface area contributed by atoms with Gasteiger partial charge in [-0.2, -0.15) is 0 Å². The number of rotatable bonds is 6. The predicted octanol–water partition coefficient (Wildman–Crippen LogP) is 5.50. The molecule has 0 aromatic rings. The van der Waals surface area contributed by atoms with E-state index in [2.05, 4.69) is 32.1 Å². The Morgan fingerprint density at radius 2 is 1.90 bits per heavy atom. The lowest BCUT2D eigenvalue weighted by molar-refractivity contribution is 0.252. The molecule has 2 aliphatic carbocycles. The van der Waals surface area contributed by atoms with Crippen LogP contribution in [0.4, 0.5) is 0 Å². The van der Waals surface area contributed by atoms with Crippen LogP contribution in [0.3, 0.4) is 0 Å². The van der Waals surface area contributed by atoms with E-state index in [1.807, 2.05) is 0 Å². The maximum atomic E-state index is 7.00. The smallest absolute Gasteiger partial charge is 0.0319 e. The molecule has 116 valence electrons. The second-order valence-corrected chi connectivity index (χ2v) is 6.33. The van der Waals surface area contributed by atoms with Crippen molar-refractivity contribution in [3.8, 4) is 0 Å².